The first kappa shape index (κ1) is 14.5. The topological polar surface area (TPSA) is 74.2 Å². The van der Waals surface area contributed by atoms with Crippen molar-refractivity contribution in [1.82, 2.24) is 10.1 Å². The van der Waals surface area contributed by atoms with E-state index in [1.165, 1.54) is 0 Å². The Kier molecular flexibility index (Phi) is 4.09. The number of ether oxygens (including phenoxy) is 1. The van der Waals surface area contributed by atoms with E-state index in [4.69, 9.17) is 15.0 Å². The first-order valence-corrected chi connectivity index (χ1v) is 6.60. The van der Waals surface area contributed by atoms with Gasteiger partial charge in [0.25, 0.3) is 0 Å². The normalized spacial score (nSPS) is 13.4. The fraction of sp³-hybridized carbons (Fsp3) is 0.467. The summed E-state index contributed by atoms with van der Waals surface area (Å²) >= 11 is 0. The summed E-state index contributed by atoms with van der Waals surface area (Å²) in [5, 5.41) is 4.03. The SMILES string of the molecule is COC(c1noc(Cc2cccc(N)c2)n1)C(C)(C)C. The maximum Gasteiger partial charge on any atom is 0.231 e. The summed E-state index contributed by atoms with van der Waals surface area (Å²) in [6.07, 6.45) is 0.374. The Balaban J connectivity index is 2.17. The fourth-order valence-electron chi connectivity index (χ4n) is 2.17. The van der Waals surface area contributed by atoms with Gasteiger partial charge in [0.15, 0.2) is 0 Å². The number of methoxy groups -OCH3 is 1. The number of anilines is 1. The molecule has 2 N–H and O–H groups in total. The van der Waals surface area contributed by atoms with Crippen molar-refractivity contribution in [2.75, 3.05) is 12.8 Å². The van der Waals surface area contributed by atoms with Crippen LogP contribution in [0.5, 0.6) is 0 Å². The van der Waals surface area contributed by atoms with E-state index in [1.54, 1.807) is 7.11 Å². The highest BCUT2D eigenvalue weighted by molar-refractivity contribution is 5.41. The van der Waals surface area contributed by atoms with Gasteiger partial charge in [0, 0.05) is 12.8 Å². The Morgan fingerprint density at radius 1 is 1.35 bits per heavy atom. The predicted octanol–water partition coefficient (Wildman–Crippen LogP) is 2.98. The molecule has 0 amide bonds. The van der Waals surface area contributed by atoms with Crippen LogP contribution in [0.4, 0.5) is 5.69 Å². The number of aromatic nitrogens is 2. The highest BCUT2D eigenvalue weighted by atomic mass is 16.5. The molecule has 0 fully saturated rings. The standard InChI is InChI=1S/C15H21N3O2/c1-15(2,3)13(19-4)14-17-12(20-18-14)9-10-6-5-7-11(16)8-10/h5-8,13H,9,16H2,1-4H3. The molecule has 0 radical (unpaired) electrons. The molecule has 0 aliphatic rings. The quantitative estimate of drug-likeness (QED) is 0.868. The second kappa shape index (κ2) is 5.63. The third-order valence-corrected chi connectivity index (χ3v) is 3.05. The zero-order valence-electron chi connectivity index (χ0n) is 12.4. The molecule has 2 rings (SSSR count). The molecule has 0 aliphatic carbocycles. The molecular weight excluding hydrogens is 254 g/mol. The second-order valence-corrected chi connectivity index (χ2v) is 5.95. The maximum atomic E-state index is 5.76. The molecule has 1 heterocycles. The summed E-state index contributed by atoms with van der Waals surface area (Å²) in [6, 6.07) is 7.65. The van der Waals surface area contributed by atoms with Crippen LogP contribution >= 0.6 is 0 Å². The van der Waals surface area contributed by atoms with E-state index in [0.29, 0.717) is 18.1 Å². The zero-order chi connectivity index (χ0) is 14.8. The maximum absolute atomic E-state index is 5.76. The smallest absolute Gasteiger partial charge is 0.231 e. The van der Waals surface area contributed by atoms with E-state index < -0.39 is 0 Å². The molecule has 2 aromatic rings. The number of hydrogen-bond donors (Lipinski definition) is 1. The molecule has 1 aromatic heterocycles. The van der Waals surface area contributed by atoms with Crippen LogP contribution in [-0.4, -0.2) is 17.3 Å². The van der Waals surface area contributed by atoms with Crippen molar-refractivity contribution in [3.63, 3.8) is 0 Å². The molecule has 0 bridgehead atoms. The van der Waals surface area contributed by atoms with Gasteiger partial charge in [-0.2, -0.15) is 4.98 Å². The Hall–Kier alpha value is -1.88. The van der Waals surface area contributed by atoms with Crippen LogP contribution in [0, 0.1) is 5.41 Å². The molecular formula is C15H21N3O2. The van der Waals surface area contributed by atoms with Crippen molar-refractivity contribution < 1.29 is 9.26 Å². The van der Waals surface area contributed by atoms with Gasteiger partial charge in [-0.25, -0.2) is 0 Å². The molecule has 5 nitrogen and oxygen atoms in total. The van der Waals surface area contributed by atoms with E-state index in [-0.39, 0.29) is 11.5 Å². The molecule has 0 aliphatic heterocycles. The number of hydrogen-bond acceptors (Lipinski definition) is 5. The van der Waals surface area contributed by atoms with Crippen molar-refractivity contribution in [2.24, 2.45) is 5.41 Å². The average Bonchev–Trinajstić information content (AvgIpc) is 2.76. The number of nitrogens with zero attached hydrogens (tertiary/aromatic N) is 2. The number of rotatable bonds is 4. The van der Waals surface area contributed by atoms with Crippen LogP contribution in [0.2, 0.25) is 0 Å². The summed E-state index contributed by atoms with van der Waals surface area (Å²) in [6.45, 7) is 6.24. The lowest BCUT2D eigenvalue weighted by atomic mass is 9.88. The molecule has 108 valence electrons. The number of benzene rings is 1. The highest BCUT2D eigenvalue weighted by Gasteiger charge is 2.30. The van der Waals surface area contributed by atoms with Crippen LogP contribution < -0.4 is 5.73 Å². The second-order valence-electron chi connectivity index (χ2n) is 5.95. The third kappa shape index (κ3) is 3.36. The minimum Gasteiger partial charge on any atom is -0.399 e. The van der Waals surface area contributed by atoms with Crippen LogP contribution in [-0.2, 0) is 11.2 Å². The van der Waals surface area contributed by atoms with Crippen molar-refractivity contribution in [3.05, 3.63) is 41.5 Å². The van der Waals surface area contributed by atoms with Crippen molar-refractivity contribution in [2.45, 2.75) is 33.3 Å². The molecule has 0 spiro atoms. The highest BCUT2D eigenvalue weighted by Crippen LogP contribution is 2.33. The minimum atomic E-state index is -0.194. The lowest BCUT2D eigenvalue weighted by Gasteiger charge is -2.26. The van der Waals surface area contributed by atoms with E-state index >= 15 is 0 Å². The molecule has 5 heteroatoms. The predicted molar refractivity (Wildman–Crippen MR) is 77.2 cm³/mol. The van der Waals surface area contributed by atoms with E-state index in [9.17, 15) is 0 Å². The van der Waals surface area contributed by atoms with Crippen molar-refractivity contribution in [3.8, 4) is 0 Å². The Morgan fingerprint density at radius 2 is 2.10 bits per heavy atom. The molecule has 0 saturated heterocycles. The monoisotopic (exact) mass is 275 g/mol. The van der Waals surface area contributed by atoms with E-state index in [2.05, 4.69) is 30.9 Å². The van der Waals surface area contributed by atoms with Gasteiger partial charge < -0.3 is 15.0 Å². The van der Waals surface area contributed by atoms with Crippen LogP contribution in [0.15, 0.2) is 28.8 Å². The van der Waals surface area contributed by atoms with Gasteiger partial charge in [-0.1, -0.05) is 38.1 Å². The van der Waals surface area contributed by atoms with E-state index in [1.807, 2.05) is 24.3 Å². The summed E-state index contributed by atoms with van der Waals surface area (Å²) < 4.78 is 10.8. The van der Waals surface area contributed by atoms with Crippen LogP contribution in [0.1, 0.15) is 44.2 Å². The lowest BCUT2D eigenvalue weighted by Crippen LogP contribution is -2.21. The minimum absolute atomic E-state index is 0.0902. The average molecular weight is 275 g/mol. The summed E-state index contributed by atoms with van der Waals surface area (Å²) in [7, 11) is 1.66. The van der Waals surface area contributed by atoms with Gasteiger partial charge in [0.1, 0.15) is 6.10 Å². The molecule has 0 saturated carbocycles. The van der Waals surface area contributed by atoms with Gasteiger partial charge in [0.2, 0.25) is 11.7 Å². The first-order chi connectivity index (χ1) is 9.40. The van der Waals surface area contributed by atoms with E-state index in [0.717, 1.165) is 11.3 Å². The fourth-order valence-corrected chi connectivity index (χ4v) is 2.17. The Morgan fingerprint density at radius 3 is 2.70 bits per heavy atom. The molecule has 1 atom stereocenters. The van der Waals surface area contributed by atoms with Gasteiger partial charge in [-0.3, -0.25) is 0 Å². The molecule has 20 heavy (non-hydrogen) atoms. The van der Waals surface area contributed by atoms with Crippen LogP contribution in [0.3, 0.4) is 0 Å². The third-order valence-electron chi connectivity index (χ3n) is 3.05. The molecule has 1 unspecified atom stereocenters. The largest absolute Gasteiger partial charge is 0.399 e. The van der Waals surface area contributed by atoms with Crippen molar-refractivity contribution >= 4 is 5.69 Å². The van der Waals surface area contributed by atoms with Gasteiger partial charge in [-0.15, -0.1) is 0 Å². The van der Waals surface area contributed by atoms with Gasteiger partial charge >= 0.3 is 0 Å². The first-order valence-electron chi connectivity index (χ1n) is 6.60. The summed E-state index contributed by atoms with van der Waals surface area (Å²) in [5.41, 5.74) is 7.44. The number of nitrogen functional groups attached to an aromatic ring is 1. The summed E-state index contributed by atoms with van der Waals surface area (Å²) in [5.74, 6) is 1.15. The van der Waals surface area contributed by atoms with Gasteiger partial charge in [-0.05, 0) is 23.1 Å². The Labute approximate surface area is 119 Å². The zero-order valence-corrected chi connectivity index (χ0v) is 12.4. The van der Waals surface area contributed by atoms with Crippen molar-refractivity contribution in [1.29, 1.82) is 0 Å². The lowest BCUT2D eigenvalue weighted by molar-refractivity contribution is 0.00718. The Bertz CT molecular complexity index is 572. The van der Waals surface area contributed by atoms with Gasteiger partial charge in [0.05, 0.1) is 6.42 Å². The molecule has 1 aromatic carbocycles. The summed E-state index contributed by atoms with van der Waals surface area (Å²) in [4.78, 5) is 4.43. The van der Waals surface area contributed by atoms with Crippen LogP contribution in [0.25, 0.3) is 0 Å². The number of nitrogens with two attached hydrogens (primary N) is 1.